The molecule has 2 aromatic heterocycles. The van der Waals surface area contributed by atoms with Crippen molar-refractivity contribution in [1.82, 2.24) is 15.0 Å². The van der Waals surface area contributed by atoms with Gasteiger partial charge < -0.3 is 4.42 Å². The van der Waals surface area contributed by atoms with Gasteiger partial charge >= 0.3 is 0 Å². The van der Waals surface area contributed by atoms with Gasteiger partial charge in [0.15, 0.2) is 17.5 Å². The zero-order valence-corrected chi connectivity index (χ0v) is 35.5. The fraction of sp³-hybridized carbons (Fsp3) is 0.0500. The number of aromatic nitrogens is 3. The van der Waals surface area contributed by atoms with Gasteiger partial charge in [0.25, 0.3) is 0 Å². The lowest BCUT2D eigenvalue weighted by molar-refractivity contribution is 0.660. The molecule has 4 heteroatoms. The summed E-state index contributed by atoms with van der Waals surface area (Å²) in [6.45, 7) is 4.65. The van der Waals surface area contributed by atoms with Crippen molar-refractivity contribution in [2.24, 2.45) is 0 Å². The van der Waals surface area contributed by atoms with Crippen molar-refractivity contribution in [2.45, 2.75) is 19.3 Å². The third-order valence-corrected chi connectivity index (χ3v) is 13.0. The van der Waals surface area contributed by atoms with E-state index in [2.05, 4.69) is 202 Å². The predicted molar refractivity (Wildman–Crippen MR) is 263 cm³/mol. The standard InChI is InChI=1S/C60H41N3O/c1-60(2)52-24-10-9-22-48(52)50-36-44(30-32-53(50)60)40-26-28-41(29-27-40)45-31-33-54-51(37-45)56-49(23-13-25-55(56)64-54)59-62-57(46-20-11-18-42(34-46)38-14-5-3-6-15-38)61-58(63-59)47-21-12-19-43(35-47)39-16-7-4-8-17-39/h3-37H,1-2H3. The number of rotatable bonds is 7. The number of furan rings is 1. The second-order valence-electron chi connectivity index (χ2n) is 17.2. The molecule has 0 bridgehead atoms. The molecule has 1 aliphatic rings. The van der Waals surface area contributed by atoms with Crippen molar-refractivity contribution < 1.29 is 4.42 Å². The highest BCUT2D eigenvalue weighted by atomic mass is 16.3. The summed E-state index contributed by atoms with van der Waals surface area (Å²) in [5.41, 5.74) is 18.8. The molecule has 0 radical (unpaired) electrons. The summed E-state index contributed by atoms with van der Waals surface area (Å²) in [5, 5.41) is 1.98. The van der Waals surface area contributed by atoms with Crippen LogP contribution >= 0.6 is 0 Å². The molecule has 0 unspecified atom stereocenters. The maximum atomic E-state index is 6.55. The first-order valence-electron chi connectivity index (χ1n) is 21.8. The Labute approximate surface area is 372 Å². The molecule has 0 aliphatic heterocycles. The van der Waals surface area contributed by atoms with Crippen molar-refractivity contribution in [2.75, 3.05) is 0 Å². The normalized spacial score (nSPS) is 12.7. The summed E-state index contributed by atoms with van der Waals surface area (Å²) in [6, 6.07) is 75.0. The third-order valence-electron chi connectivity index (χ3n) is 13.0. The summed E-state index contributed by atoms with van der Waals surface area (Å²) in [5.74, 6) is 1.79. The van der Waals surface area contributed by atoms with Crippen LogP contribution in [0.1, 0.15) is 25.0 Å². The molecule has 0 saturated heterocycles. The molecular formula is C60H41N3O. The molecule has 2 heterocycles. The van der Waals surface area contributed by atoms with E-state index in [0.29, 0.717) is 17.5 Å². The van der Waals surface area contributed by atoms with Crippen LogP contribution in [0.5, 0.6) is 0 Å². The van der Waals surface area contributed by atoms with Gasteiger partial charge in [-0.25, -0.2) is 15.0 Å². The first kappa shape index (κ1) is 37.5. The van der Waals surface area contributed by atoms with E-state index < -0.39 is 0 Å². The molecule has 0 spiro atoms. The van der Waals surface area contributed by atoms with E-state index in [1.54, 1.807) is 0 Å². The number of fused-ring (bicyclic) bond motifs is 6. The van der Waals surface area contributed by atoms with E-state index in [-0.39, 0.29) is 5.41 Å². The number of hydrogen-bond acceptors (Lipinski definition) is 4. The first-order chi connectivity index (χ1) is 31.4. The maximum absolute atomic E-state index is 6.55. The quantitative estimate of drug-likeness (QED) is 0.161. The van der Waals surface area contributed by atoms with E-state index in [4.69, 9.17) is 19.4 Å². The van der Waals surface area contributed by atoms with Crippen LogP contribution in [0.2, 0.25) is 0 Å². The van der Waals surface area contributed by atoms with Crippen LogP contribution in [-0.2, 0) is 5.41 Å². The van der Waals surface area contributed by atoms with Gasteiger partial charge in [-0.2, -0.15) is 0 Å². The Morgan fingerprint density at radius 3 is 1.42 bits per heavy atom. The minimum atomic E-state index is -0.0127. The van der Waals surface area contributed by atoms with E-state index in [1.165, 1.54) is 33.4 Å². The molecule has 9 aromatic carbocycles. The summed E-state index contributed by atoms with van der Waals surface area (Å²) in [6.07, 6.45) is 0. The monoisotopic (exact) mass is 819 g/mol. The molecular weight excluding hydrogens is 779 g/mol. The fourth-order valence-electron chi connectivity index (χ4n) is 9.64. The van der Waals surface area contributed by atoms with Crippen LogP contribution in [0.25, 0.3) is 112 Å². The topological polar surface area (TPSA) is 51.8 Å². The van der Waals surface area contributed by atoms with E-state index >= 15 is 0 Å². The lowest BCUT2D eigenvalue weighted by atomic mass is 9.82. The summed E-state index contributed by atoms with van der Waals surface area (Å²) >= 11 is 0. The van der Waals surface area contributed by atoms with Crippen molar-refractivity contribution in [3.05, 3.63) is 223 Å². The van der Waals surface area contributed by atoms with Gasteiger partial charge in [0.05, 0.1) is 0 Å². The second-order valence-corrected chi connectivity index (χ2v) is 17.2. The van der Waals surface area contributed by atoms with E-state index in [1.807, 2.05) is 24.3 Å². The Balaban J connectivity index is 0.961. The van der Waals surface area contributed by atoms with Gasteiger partial charge in [0.2, 0.25) is 0 Å². The van der Waals surface area contributed by atoms with Crippen LogP contribution < -0.4 is 0 Å². The average Bonchev–Trinajstić information content (AvgIpc) is 3.85. The predicted octanol–water partition coefficient (Wildman–Crippen LogP) is 15.7. The lowest BCUT2D eigenvalue weighted by Crippen LogP contribution is -2.14. The van der Waals surface area contributed by atoms with E-state index in [9.17, 15) is 0 Å². The van der Waals surface area contributed by atoms with Gasteiger partial charge in [0.1, 0.15) is 11.2 Å². The first-order valence-corrected chi connectivity index (χ1v) is 21.8. The Kier molecular flexibility index (Phi) is 8.80. The molecule has 0 amide bonds. The molecule has 1 aliphatic carbocycles. The van der Waals surface area contributed by atoms with Gasteiger partial charge in [0, 0.05) is 32.9 Å². The zero-order valence-electron chi connectivity index (χ0n) is 35.5. The minimum Gasteiger partial charge on any atom is -0.456 e. The van der Waals surface area contributed by atoms with Gasteiger partial charge in [-0.05, 0) is 103 Å². The molecule has 0 atom stereocenters. The Morgan fingerprint density at radius 1 is 0.312 bits per heavy atom. The van der Waals surface area contributed by atoms with Crippen LogP contribution in [0.4, 0.5) is 0 Å². The highest BCUT2D eigenvalue weighted by molar-refractivity contribution is 6.12. The number of nitrogens with zero attached hydrogens (tertiary/aromatic N) is 3. The zero-order chi connectivity index (χ0) is 42.8. The molecule has 0 N–H and O–H groups in total. The fourth-order valence-corrected chi connectivity index (χ4v) is 9.64. The van der Waals surface area contributed by atoms with Crippen LogP contribution in [0.15, 0.2) is 217 Å². The van der Waals surface area contributed by atoms with Crippen LogP contribution in [0, 0.1) is 0 Å². The molecule has 4 nitrogen and oxygen atoms in total. The van der Waals surface area contributed by atoms with Gasteiger partial charge in [-0.15, -0.1) is 0 Å². The third kappa shape index (κ3) is 6.42. The SMILES string of the molecule is CC1(C)c2ccccc2-c2cc(-c3ccc(-c4ccc5oc6cccc(-c7nc(-c8cccc(-c9ccccc9)c8)nc(-c8cccc(-c9ccccc9)c8)n7)c6c5c4)cc3)ccc21. The second kappa shape index (κ2) is 15.0. The average molecular weight is 820 g/mol. The molecule has 64 heavy (non-hydrogen) atoms. The van der Waals surface area contributed by atoms with Gasteiger partial charge in [-0.3, -0.25) is 0 Å². The molecule has 0 saturated carbocycles. The highest BCUT2D eigenvalue weighted by Gasteiger charge is 2.35. The minimum absolute atomic E-state index is 0.0127. The van der Waals surface area contributed by atoms with Crippen molar-refractivity contribution in [3.63, 3.8) is 0 Å². The van der Waals surface area contributed by atoms with Crippen molar-refractivity contribution >= 4 is 21.9 Å². The van der Waals surface area contributed by atoms with Crippen molar-refractivity contribution in [1.29, 1.82) is 0 Å². The smallest absolute Gasteiger partial charge is 0.164 e. The lowest BCUT2D eigenvalue weighted by Gasteiger charge is -2.21. The Bertz CT molecular complexity index is 3470. The Hall–Kier alpha value is -8.21. The maximum Gasteiger partial charge on any atom is 0.164 e. The van der Waals surface area contributed by atoms with E-state index in [0.717, 1.165) is 72.0 Å². The number of benzene rings is 9. The number of hydrogen-bond donors (Lipinski definition) is 0. The van der Waals surface area contributed by atoms with Crippen LogP contribution in [0.3, 0.4) is 0 Å². The molecule has 11 aromatic rings. The largest absolute Gasteiger partial charge is 0.456 e. The molecule has 0 fully saturated rings. The summed E-state index contributed by atoms with van der Waals surface area (Å²) in [4.78, 5) is 15.7. The Morgan fingerprint density at radius 2 is 0.766 bits per heavy atom. The molecule has 302 valence electrons. The highest BCUT2D eigenvalue weighted by Crippen LogP contribution is 2.49. The van der Waals surface area contributed by atoms with Gasteiger partial charge in [-0.1, -0.05) is 190 Å². The summed E-state index contributed by atoms with van der Waals surface area (Å²) < 4.78 is 6.55. The summed E-state index contributed by atoms with van der Waals surface area (Å²) in [7, 11) is 0. The van der Waals surface area contributed by atoms with Crippen molar-refractivity contribution in [3.8, 4) is 89.8 Å². The molecule has 12 rings (SSSR count). The van der Waals surface area contributed by atoms with Crippen LogP contribution in [-0.4, -0.2) is 15.0 Å².